The Kier molecular flexibility index (Phi) is 6.11. The predicted octanol–water partition coefficient (Wildman–Crippen LogP) is 4.20. The van der Waals surface area contributed by atoms with Crippen LogP contribution in [0, 0.1) is 6.92 Å². The van der Waals surface area contributed by atoms with Gasteiger partial charge in [0.1, 0.15) is 9.88 Å². The molecule has 154 valence electrons. The fourth-order valence-electron chi connectivity index (χ4n) is 3.48. The summed E-state index contributed by atoms with van der Waals surface area (Å²) in [5.74, 6) is -0.132. The van der Waals surface area contributed by atoms with Gasteiger partial charge in [-0.3, -0.25) is 14.6 Å². The quantitative estimate of drug-likeness (QED) is 0.659. The molecule has 1 aromatic carbocycles. The number of thiazole rings is 1. The SMILES string of the molecule is Cc1nc(-c2cccc(Cl)c2)sc1C(=O)N1CCC(NC(=O)c2cccnc2)CC1. The Hall–Kier alpha value is -2.77. The van der Waals surface area contributed by atoms with Gasteiger partial charge in [-0.25, -0.2) is 4.98 Å². The number of halogens is 1. The highest BCUT2D eigenvalue weighted by molar-refractivity contribution is 7.17. The van der Waals surface area contributed by atoms with Gasteiger partial charge in [0.25, 0.3) is 11.8 Å². The number of benzene rings is 1. The summed E-state index contributed by atoms with van der Waals surface area (Å²) in [7, 11) is 0. The molecule has 8 heteroatoms. The molecule has 3 heterocycles. The molecule has 1 saturated heterocycles. The summed E-state index contributed by atoms with van der Waals surface area (Å²) in [6.45, 7) is 3.06. The third-order valence-electron chi connectivity index (χ3n) is 5.10. The van der Waals surface area contributed by atoms with E-state index >= 15 is 0 Å². The molecule has 3 aromatic rings. The molecule has 0 saturated carbocycles. The van der Waals surface area contributed by atoms with E-state index < -0.39 is 0 Å². The lowest BCUT2D eigenvalue weighted by molar-refractivity contribution is 0.0702. The number of aryl methyl sites for hydroxylation is 1. The van der Waals surface area contributed by atoms with Crippen molar-refractivity contribution in [2.75, 3.05) is 13.1 Å². The Morgan fingerprint density at radius 1 is 1.20 bits per heavy atom. The highest BCUT2D eigenvalue weighted by Crippen LogP contribution is 2.30. The normalized spacial score (nSPS) is 14.5. The van der Waals surface area contributed by atoms with Gasteiger partial charge in [0.2, 0.25) is 0 Å². The molecule has 0 radical (unpaired) electrons. The molecule has 0 spiro atoms. The average Bonchev–Trinajstić information content (AvgIpc) is 3.16. The third kappa shape index (κ3) is 4.52. The highest BCUT2D eigenvalue weighted by atomic mass is 35.5. The molecule has 0 bridgehead atoms. The molecule has 1 aliphatic rings. The average molecular weight is 441 g/mol. The predicted molar refractivity (Wildman–Crippen MR) is 118 cm³/mol. The maximum Gasteiger partial charge on any atom is 0.265 e. The van der Waals surface area contributed by atoms with Crippen molar-refractivity contribution in [1.29, 1.82) is 0 Å². The van der Waals surface area contributed by atoms with Gasteiger partial charge in [-0.05, 0) is 44.0 Å². The lowest BCUT2D eigenvalue weighted by Gasteiger charge is -2.32. The first-order valence-corrected chi connectivity index (χ1v) is 10.9. The number of aromatic nitrogens is 2. The number of piperidine rings is 1. The molecule has 1 fully saturated rings. The van der Waals surface area contributed by atoms with Crippen LogP contribution in [0.3, 0.4) is 0 Å². The number of hydrogen-bond acceptors (Lipinski definition) is 5. The Morgan fingerprint density at radius 2 is 2.00 bits per heavy atom. The number of nitrogens with one attached hydrogen (secondary N) is 1. The number of carbonyl (C=O) groups excluding carboxylic acids is 2. The minimum absolute atomic E-state index is 0.00434. The van der Waals surface area contributed by atoms with Gasteiger partial charge in [0.15, 0.2) is 0 Å². The van der Waals surface area contributed by atoms with E-state index in [2.05, 4.69) is 15.3 Å². The van der Waals surface area contributed by atoms with Crippen LogP contribution in [0.2, 0.25) is 5.02 Å². The maximum absolute atomic E-state index is 13.1. The molecule has 1 N–H and O–H groups in total. The van der Waals surface area contributed by atoms with Crippen molar-refractivity contribution in [3.8, 4) is 10.6 Å². The van der Waals surface area contributed by atoms with Crippen LogP contribution in [0.5, 0.6) is 0 Å². The molecule has 0 atom stereocenters. The molecule has 2 aromatic heterocycles. The van der Waals surface area contributed by atoms with Crippen LogP contribution in [-0.4, -0.2) is 45.8 Å². The fourth-order valence-corrected chi connectivity index (χ4v) is 4.70. The largest absolute Gasteiger partial charge is 0.349 e. The number of likely N-dealkylation sites (tertiary alicyclic amines) is 1. The first kappa shape index (κ1) is 20.5. The molecular formula is C22H21ClN4O2S. The Balaban J connectivity index is 1.38. The zero-order valence-corrected chi connectivity index (χ0v) is 18.0. The number of pyridine rings is 1. The zero-order valence-electron chi connectivity index (χ0n) is 16.5. The van der Waals surface area contributed by atoms with Gasteiger partial charge in [0.05, 0.1) is 11.3 Å². The first-order valence-electron chi connectivity index (χ1n) is 9.75. The minimum atomic E-state index is -0.127. The summed E-state index contributed by atoms with van der Waals surface area (Å²) in [6, 6.07) is 11.0. The molecule has 0 unspecified atom stereocenters. The van der Waals surface area contributed by atoms with Crippen molar-refractivity contribution >= 4 is 34.8 Å². The second-order valence-corrected chi connectivity index (χ2v) is 8.66. The molecule has 30 heavy (non-hydrogen) atoms. The summed E-state index contributed by atoms with van der Waals surface area (Å²) >= 11 is 7.48. The number of rotatable bonds is 4. The summed E-state index contributed by atoms with van der Waals surface area (Å²) in [4.78, 5) is 36.4. The van der Waals surface area contributed by atoms with Crippen LogP contribution in [0.25, 0.3) is 10.6 Å². The van der Waals surface area contributed by atoms with Gasteiger partial charge >= 0.3 is 0 Å². The number of amides is 2. The molecular weight excluding hydrogens is 420 g/mol. The van der Waals surface area contributed by atoms with Crippen LogP contribution < -0.4 is 5.32 Å². The molecule has 4 rings (SSSR count). The first-order chi connectivity index (χ1) is 14.5. The van der Waals surface area contributed by atoms with Crippen LogP contribution in [0.15, 0.2) is 48.8 Å². The molecule has 6 nitrogen and oxygen atoms in total. The number of nitrogens with zero attached hydrogens (tertiary/aromatic N) is 3. The van der Waals surface area contributed by atoms with Crippen LogP contribution >= 0.6 is 22.9 Å². The van der Waals surface area contributed by atoms with Crippen LogP contribution in [-0.2, 0) is 0 Å². The highest BCUT2D eigenvalue weighted by Gasteiger charge is 2.27. The molecule has 1 aliphatic heterocycles. The molecule has 2 amide bonds. The Morgan fingerprint density at radius 3 is 2.70 bits per heavy atom. The minimum Gasteiger partial charge on any atom is -0.349 e. The fraction of sp³-hybridized carbons (Fsp3) is 0.273. The van der Waals surface area contributed by atoms with Crippen molar-refractivity contribution in [3.05, 3.63) is 69.9 Å². The lowest BCUT2D eigenvalue weighted by atomic mass is 10.0. The Bertz CT molecular complexity index is 1060. The summed E-state index contributed by atoms with van der Waals surface area (Å²) in [5, 5.41) is 4.47. The topological polar surface area (TPSA) is 75.2 Å². The summed E-state index contributed by atoms with van der Waals surface area (Å²) in [5.41, 5.74) is 2.18. The number of carbonyl (C=O) groups is 2. The van der Waals surface area contributed by atoms with E-state index in [1.807, 2.05) is 36.1 Å². The lowest BCUT2D eigenvalue weighted by Crippen LogP contribution is -2.46. The third-order valence-corrected chi connectivity index (χ3v) is 6.53. The van der Waals surface area contributed by atoms with Crippen molar-refractivity contribution in [1.82, 2.24) is 20.2 Å². The van der Waals surface area contributed by atoms with E-state index in [0.717, 1.165) is 29.1 Å². The van der Waals surface area contributed by atoms with E-state index in [1.54, 1.807) is 24.5 Å². The van der Waals surface area contributed by atoms with Crippen molar-refractivity contribution in [2.45, 2.75) is 25.8 Å². The van der Waals surface area contributed by atoms with Crippen molar-refractivity contribution in [3.63, 3.8) is 0 Å². The van der Waals surface area contributed by atoms with E-state index in [1.165, 1.54) is 11.3 Å². The van der Waals surface area contributed by atoms with E-state index in [4.69, 9.17) is 11.6 Å². The zero-order chi connectivity index (χ0) is 21.1. The monoisotopic (exact) mass is 440 g/mol. The van der Waals surface area contributed by atoms with E-state index in [0.29, 0.717) is 28.6 Å². The van der Waals surface area contributed by atoms with Crippen molar-refractivity contribution in [2.24, 2.45) is 0 Å². The second kappa shape index (κ2) is 8.93. The van der Waals surface area contributed by atoms with E-state index in [-0.39, 0.29) is 17.9 Å². The van der Waals surface area contributed by atoms with Gasteiger partial charge in [0, 0.05) is 42.1 Å². The summed E-state index contributed by atoms with van der Waals surface area (Å²) < 4.78 is 0. The van der Waals surface area contributed by atoms with E-state index in [9.17, 15) is 9.59 Å². The van der Waals surface area contributed by atoms with Gasteiger partial charge < -0.3 is 10.2 Å². The van der Waals surface area contributed by atoms with Crippen LogP contribution in [0.1, 0.15) is 38.6 Å². The number of hydrogen-bond donors (Lipinski definition) is 1. The second-order valence-electron chi connectivity index (χ2n) is 7.23. The smallest absolute Gasteiger partial charge is 0.265 e. The van der Waals surface area contributed by atoms with Gasteiger partial charge in [-0.1, -0.05) is 23.7 Å². The maximum atomic E-state index is 13.1. The summed E-state index contributed by atoms with van der Waals surface area (Å²) in [6.07, 6.45) is 4.63. The molecule has 0 aliphatic carbocycles. The Labute approximate surface area is 183 Å². The van der Waals surface area contributed by atoms with Gasteiger partial charge in [-0.2, -0.15) is 0 Å². The standard InChI is InChI=1S/C22H21ClN4O2S/c1-14-19(30-21(25-14)15-4-2-6-17(23)12-15)22(29)27-10-7-18(8-11-27)26-20(28)16-5-3-9-24-13-16/h2-6,9,12-13,18H,7-8,10-11H2,1H3,(H,26,28). The van der Waals surface area contributed by atoms with Crippen LogP contribution in [0.4, 0.5) is 0 Å². The van der Waals surface area contributed by atoms with Gasteiger partial charge in [-0.15, -0.1) is 11.3 Å². The van der Waals surface area contributed by atoms with Crippen molar-refractivity contribution < 1.29 is 9.59 Å².